The van der Waals surface area contributed by atoms with Gasteiger partial charge in [-0.15, -0.1) is 0 Å². The molecule has 0 aliphatic heterocycles. The van der Waals surface area contributed by atoms with Crippen molar-refractivity contribution < 1.29 is 4.79 Å². The van der Waals surface area contributed by atoms with Gasteiger partial charge in [0.2, 0.25) is 5.91 Å². The first-order valence-corrected chi connectivity index (χ1v) is 8.39. The van der Waals surface area contributed by atoms with Crippen LogP contribution >= 0.6 is 0 Å². The first kappa shape index (κ1) is 19.0. The van der Waals surface area contributed by atoms with Crippen LogP contribution in [0.15, 0.2) is 35.3 Å². The van der Waals surface area contributed by atoms with Crippen LogP contribution in [0.25, 0.3) is 0 Å². The SMILES string of the molecule is CCNC(=NCC(=O)N(C)C)NCCCCCc1ccccc1. The van der Waals surface area contributed by atoms with Crippen molar-refractivity contribution in [2.75, 3.05) is 33.7 Å². The summed E-state index contributed by atoms with van der Waals surface area (Å²) >= 11 is 0. The number of carbonyl (C=O) groups is 1. The molecule has 5 nitrogen and oxygen atoms in total. The van der Waals surface area contributed by atoms with Crippen molar-refractivity contribution in [2.24, 2.45) is 4.99 Å². The second kappa shape index (κ2) is 11.5. The highest BCUT2D eigenvalue weighted by Crippen LogP contribution is 2.05. The number of likely N-dealkylation sites (N-methyl/N-ethyl adjacent to an activating group) is 1. The Morgan fingerprint density at radius 2 is 1.83 bits per heavy atom. The van der Waals surface area contributed by atoms with Crippen molar-refractivity contribution in [3.63, 3.8) is 0 Å². The highest BCUT2D eigenvalue weighted by atomic mass is 16.2. The third kappa shape index (κ3) is 8.86. The van der Waals surface area contributed by atoms with Gasteiger partial charge < -0.3 is 15.5 Å². The number of guanidine groups is 1. The Morgan fingerprint density at radius 1 is 1.09 bits per heavy atom. The molecule has 0 saturated heterocycles. The van der Waals surface area contributed by atoms with Gasteiger partial charge in [0.05, 0.1) is 0 Å². The van der Waals surface area contributed by atoms with E-state index in [1.807, 2.05) is 6.92 Å². The van der Waals surface area contributed by atoms with Gasteiger partial charge in [0, 0.05) is 27.2 Å². The van der Waals surface area contributed by atoms with Crippen LogP contribution in [-0.2, 0) is 11.2 Å². The number of aryl methyl sites for hydroxylation is 1. The molecular formula is C18H30N4O. The number of unbranched alkanes of at least 4 members (excludes halogenated alkanes) is 2. The number of nitrogens with one attached hydrogen (secondary N) is 2. The van der Waals surface area contributed by atoms with Gasteiger partial charge in [-0.25, -0.2) is 4.99 Å². The third-order valence-electron chi connectivity index (χ3n) is 3.49. The molecule has 0 radical (unpaired) electrons. The van der Waals surface area contributed by atoms with E-state index in [0.29, 0.717) is 5.96 Å². The second-order valence-electron chi connectivity index (χ2n) is 5.71. The maximum absolute atomic E-state index is 11.6. The molecule has 0 spiro atoms. The van der Waals surface area contributed by atoms with Crippen molar-refractivity contribution in [2.45, 2.75) is 32.6 Å². The molecule has 0 aromatic heterocycles. The van der Waals surface area contributed by atoms with Crippen LogP contribution in [0.5, 0.6) is 0 Å². The van der Waals surface area contributed by atoms with Gasteiger partial charge in [0.1, 0.15) is 6.54 Å². The summed E-state index contributed by atoms with van der Waals surface area (Å²) in [5.41, 5.74) is 1.40. The van der Waals surface area contributed by atoms with Crippen molar-refractivity contribution >= 4 is 11.9 Å². The standard InChI is InChI=1S/C18H30N4O/c1-4-19-18(21-15-17(23)22(2)3)20-14-10-6-9-13-16-11-7-5-8-12-16/h5,7-8,11-12H,4,6,9-10,13-15H2,1-3H3,(H2,19,20,21). The van der Waals surface area contributed by atoms with Crippen molar-refractivity contribution in [3.8, 4) is 0 Å². The molecule has 23 heavy (non-hydrogen) atoms. The van der Waals surface area contributed by atoms with E-state index in [1.165, 1.54) is 18.4 Å². The molecule has 1 rings (SSSR count). The van der Waals surface area contributed by atoms with Gasteiger partial charge in [0.15, 0.2) is 5.96 Å². The van der Waals surface area contributed by atoms with Crippen molar-refractivity contribution in [1.29, 1.82) is 0 Å². The van der Waals surface area contributed by atoms with Crippen LogP contribution < -0.4 is 10.6 Å². The Labute approximate surface area is 140 Å². The first-order valence-electron chi connectivity index (χ1n) is 8.39. The van der Waals surface area contributed by atoms with E-state index in [0.717, 1.165) is 25.9 Å². The van der Waals surface area contributed by atoms with Gasteiger partial charge >= 0.3 is 0 Å². The van der Waals surface area contributed by atoms with Gasteiger partial charge in [0.25, 0.3) is 0 Å². The summed E-state index contributed by atoms with van der Waals surface area (Å²) in [4.78, 5) is 17.4. The van der Waals surface area contributed by atoms with E-state index in [2.05, 4.69) is 46.0 Å². The van der Waals surface area contributed by atoms with E-state index in [4.69, 9.17) is 0 Å². The molecule has 5 heteroatoms. The fraction of sp³-hybridized carbons (Fsp3) is 0.556. The van der Waals surface area contributed by atoms with E-state index in [9.17, 15) is 4.79 Å². The van der Waals surface area contributed by atoms with Crippen LogP contribution in [0, 0.1) is 0 Å². The van der Waals surface area contributed by atoms with Crippen LogP contribution in [0.1, 0.15) is 31.7 Å². The number of amides is 1. The monoisotopic (exact) mass is 318 g/mol. The summed E-state index contributed by atoms with van der Waals surface area (Å²) in [6, 6.07) is 10.6. The van der Waals surface area contributed by atoms with Gasteiger partial charge in [-0.3, -0.25) is 4.79 Å². The fourth-order valence-corrected chi connectivity index (χ4v) is 2.11. The molecule has 0 heterocycles. The largest absolute Gasteiger partial charge is 0.357 e. The minimum atomic E-state index is 0.00469. The predicted octanol–water partition coefficient (Wildman–Crippen LogP) is 2.04. The Bertz CT molecular complexity index is 471. The number of hydrogen-bond acceptors (Lipinski definition) is 2. The van der Waals surface area contributed by atoms with Crippen LogP contribution in [0.4, 0.5) is 0 Å². The molecule has 0 atom stereocenters. The van der Waals surface area contributed by atoms with E-state index in [1.54, 1.807) is 19.0 Å². The molecule has 0 aliphatic rings. The second-order valence-corrected chi connectivity index (χ2v) is 5.71. The Balaban J connectivity index is 2.19. The van der Waals surface area contributed by atoms with E-state index in [-0.39, 0.29) is 12.5 Å². The first-order chi connectivity index (χ1) is 11.1. The third-order valence-corrected chi connectivity index (χ3v) is 3.49. The highest BCUT2D eigenvalue weighted by Gasteiger charge is 2.03. The van der Waals surface area contributed by atoms with Crippen LogP contribution in [0.3, 0.4) is 0 Å². The maximum atomic E-state index is 11.6. The van der Waals surface area contributed by atoms with Gasteiger partial charge in [-0.2, -0.15) is 0 Å². The molecule has 1 aromatic carbocycles. The van der Waals surface area contributed by atoms with Crippen LogP contribution in [0.2, 0.25) is 0 Å². The molecule has 0 bridgehead atoms. The van der Waals surface area contributed by atoms with E-state index >= 15 is 0 Å². The summed E-state index contributed by atoms with van der Waals surface area (Å²) in [5.74, 6) is 0.718. The summed E-state index contributed by atoms with van der Waals surface area (Å²) in [6.07, 6.45) is 4.60. The number of carbonyl (C=O) groups excluding carboxylic acids is 1. The van der Waals surface area contributed by atoms with E-state index < -0.39 is 0 Å². The molecule has 128 valence electrons. The summed E-state index contributed by atoms with van der Waals surface area (Å²) < 4.78 is 0. The zero-order chi connectivity index (χ0) is 16.9. The Morgan fingerprint density at radius 3 is 2.48 bits per heavy atom. The molecule has 2 N–H and O–H groups in total. The number of nitrogens with zero attached hydrogens (tertiary/aromatic N) is 2. The molecule has 0 fully saturated rings. The molecule has 0 unspecified atom stereocenters. The lowest BCUT2D eigenvalue weighted by Crippen LogP contribution is -2.38. The zero-order valence-corrected chi connectivity index (χ0v) is 14.6. The van der Waals surface area contributed by atoms with Crippen LogP contribution in [-0.4, -0.2) is 50.5 Å². The maximum Gasteiger partial charge on any atom is 0.243 e. The van der Waals surface area contributed by atoms with Gasteiger partial charge in [-0.1, -0.05) is 36.8 Å². The minimum Gasteiger partial charge on any atom is -0.357 e. The van der Waals surface area contributed by atoms with Crippen molar-refractivity contribution in [3.05, 3.63) is 35.9 Å². The van der Waals surface area contributed by atoms with Crippen molar-refractivity contribution in [1.82, 2.24) is 15.5 Å². The predicted molar refractivity (Wildman–Crippen MR) is 96.7 cm³/mol. The average Bonchev–Trinajstić information content (AvgIpc) is 2.56. The average molecular weight is 318 g/mol. The zero-order valence-electron chi connectivity index (χ0n) is 14.6. The fourth-order valence-electron chi connectivity index (χ4n) is 2.11. The smallest absolute Gasteiger partial charge is 0.243 e. The lowest BCUT2D eigenvalue weighted by molar-refractivity contribution is -0.127. The molecule has 0 saturated carbocycles. The lowest BCUT2D eigenvalue weighted by Gasteiger charge is -2.12. The number of hydrogen-bond donors (Lipinski definition) is 2. The quantitative estimate of drug-likeness (QED) is 0.416. The minimum absolute atomic E-state index is 0.00469. The molecule has 1 amide bonds. The highest BCUT2D eigenvalue weighted by molar-refractivity contribution is 5.84. The summed E-state index contributed by atoms with van der Waals surface area (Å²) in [5, 5.41) is 6.44. The molecule has 0 aliphatic carbocycles. The number of aliphatic imine (C=N–C) groups is 1. The normalized spacial score (nSPS) is 11.2. The summed E-state index contributed by atoms with van der Waals surface area (Å²) in [6.45, 7) is 3.86. The number of benzene rings is 1. The Kier molecular flexibility index (Phi) is 9.52. The summed E-state index contributed by atoms with van der Waals surface area (Å²) in [7, 11) is 3.48. The molecule has 1 aromatic rings. The lowest BCUT2D eigenvalue weighted by atomic mass is 10.1. The molecular weight excluding hydrogens is 288 g/mol. The Hall–Kier alpha value is -2.04. The topological polar surface area (TPSA) is 56.7 Å². The van der Waals surface area contributed by atoms with Gasteiger partial charge in [-0.05, 0) is 31.7 Å². The number of rotatable bonds is 9.